The van der Waals surface area contributed by atoms with Crippen LogP contribution in [-0.4, -0.2) is 18.9 Å². The Balaban J connectivity index is 2.53. The van der Waals surface area contributed by atoms with Crippen LogP contribution in [0.15, 0.2) is 35.7 Å². The van der Waals surface area contributed by atoms with Crippen molar-refractivity contribution in [1.82, 2.24) is 0 Å². The highest BCUT2D eigenvalue weighted by atomic mass is 32.2. The van der Waals surface area contributed by atoms with E-state index >= 15 is 0 Å². The van der Waals surface area contributed by atoms with E-state index in [9.17, 15) is 30.8 Å². The molecule has 1 N–H and O–H groups in total. The SMILES string of the molecule is C=Cc1ccc(C(=O)Oc2c(F)c(F)c(F)c(S(=O)(=O)O)c2F)cc1. The summed E-state index contributed by atoms with van der Waals surface area (Å²) in [7, 11) is -5.59. The van der Waals surface area contributed by atoms with Gasteiger partial charge in [0.2, 0.25) is 11.6 Å². The van der Waals surface area contributed by atoms with E-state index in [1.165, 1.54) is 30.3 Å². The Hall–Kier alpha value is -2.72. The van der Waals surface area contributed by atoms with Crippen LogP contribution in [-0.2, 0) is 10.1 Å². The van der Waals surface area contributed by atoms with Gasteiger partial charge in [-0.25, -0.2) is 18.0 Å². The summed E-state index contributed by atoms with van der Waals surface area (Å²) < 4.78 is 89.4. The number of hydrogen-bond acceptors (Lipinski definition) is 4. The van der Waals surface area contributed by atoms with E-state index in [1.54, 1.807) is 0 Å². The zero-order valence-electron chi connectivity index (χ0n) is 12.1. The van der Waals surface area contributed by atoms with Crippen molar-refractivity contribution >= 4 is 22.2 Å². The molecule has 2 aromatic rings. The fraction of sp³-hybridized carbons (Fsp3) is 0. The quantitative estimate of drug-likeness (QED) is 0.221. The molecule has 0 spiro atoms. The number of benzene rings is 2. The van der Waals surface area contributed by atoms with E-state index in [1.807, 2.05) is 0 Å². The van der Waals surface area contributed by atoms with Crippen molar-refractivity contribution in [2.45, 2.75) is 4.90 Å². The molecule has 132 valence electrons. The molecular formula is C15H8F4O5S. The minimum absolute atomic E-state index is 0.220. The number of carbonyl (C=O) groups excluding carboxylic acids is 1. The molecule has 0 heterocycles. The van der Waals surface area contributed by atoms with E-state index in [0.717, 1.165) is 0 Å². The highest BCUT2D eigenvalue weighted by molar-refractivity contribution is 7.85. The first-order valence-electron chi connectivity index (χ1n) is 6.36. The van der Waals surface area contributed by atoms with Gasteiger partial charge in [0.25, 0.3) is 0 Å². The molecule has 2 aromatic carbocycles. The lowest BCUT2D eigenvalue weighted by atomic mass is 10.1. The van der Waals surface area contributed by atoms with Crippen molar-refractivity contribution in [3.8, 4) is 5.75 Å². The molecule has 10 heteroatoms. The van der Waals surface area contributed by atoms with Crippen LogP contribution >= 0.6 is 0 Å². The van der Waals surface area contributed by atoms with Crippen LogP contribution in [0.3, 0.4) is 0 Å². The second-order valence-electron chi connectivity index (χ2n) is 4.60. The molecular weight excluding hydrogens is 368 g/mol. The van der Waals surface area contributed by atoms with Gasteiger partial charge in [0.15, 0.2) is 22.3 Å². The van der Waals surface area contributed by atoms with Crippen molar-refractivity contribution < 1.29 is 40.1 Å². The van der Waals surface area contributed by atoms with Gasteiger partial charge in [-0.15, -0.1) is 0 Å². The van der Waals surface area contributed by atoms with Gasteiger partial charge in [-0.2, -0.15) is 12.8 Å². The standard InChI is InChI=1S/C15H8F4O5S/c1-2-7-3-5-8(6-4-7)15(20)24-13-10(17)9(16)11(18)14(12(13)19)25(21,22)23/h2-6H,1H2,(H,21,22,23). The highest BCUT2D eigenvalue weighted by Crippen LogP contribution is 2.33. The molecule has 25 heavy (non-hydrogen) atoms. The fourth-order valence-corrected chi connectivity index (χ4v) is 2.45. The molecule has 0 saturated carbocycles. The van der Waals surface area contributed by atoms with E-state index in [2.05, 4.69) is 11.3 Å². The zero-order valence-corrected chi connectivity index (χ0v) is 12.9. The molecule has 0 aromatic heterocycles. The van der Waals surface area contributed by atoms with Crippen LogP contribution in [0.1, 0.15) is 15.9 Å². The number of esters is 1. The third kappa shape index (κ3) is 3.54. The molecule has 0 unspecified atom stereocenters. The van der Waals surface area contributed by atoms with Gasteiger partial charge < -0.3 is 4.74 Å². The number of rotatable bonds is 4. The number of halogens is 4. The summed E-state index contributed by atoms with van der Waals surface area (Å²) in [5, 5.41) is 0. The fourth-order valence-electron chi connectivity index (χ4n) is 1.81. The Kier molecular flexibility index (Phi) is 4.95. The molecule has 0 radical (unpaired) electrons. The number of ether oxygens (including phenoxy) is 1. The molecule has 0 saturated heterocycles. The van der Waals surface area contributed by atoms with Crippen molar-refractivity contribution in [2.24, 2.45) is 0 Å². The van der Waals surface area contributed by atoms with Gasteiger partial charge in [0, 0.05) is 0 Å². The first-order chi connectivity index (χ1) is 11.6. The Morgan fingerprint density at radius 1 is 1.00 bits per heavy atom. The van der Waals surface area contributed by atoms with E-state index in [-0.39, 0.29) is 5.56 Å². The van der Waals surface area contributed by atoms with E-state index < -0.39 is 50.0 Å². The maximum absolute atomic E-state index is 14.0. The molecule has 0 fully saturated rings. The lowest BCUT2D eigenvalue weighted by Gasteiger charge is -2.11. The predicted molar refractivity (Wildman–Crippen MR) is 77.6 cm³/mol. The average Bonchev–Trinajstić information content (AvgIpc) is 2.55. The summed E-state index contributed by atoms with van der Waals surface area (Å²) in [5.41, 5.74) is 0.387. The smallest absolute Gasteiger partial charge is 0.343 e. The maximum Gasteiger partial charge on any atom is 0.343 e. The molecule has 0 aliphatic heterocycles. The third-order valence-corrected chi connectivity index (χ3v) is 3.89. The van der Waals surface area contributed by atoms with Gasteiger partial charge in [-0.1, -0.05) is 24.8 Å². The van der Waals surface area contributed by atoms with E-state index in [0.29, 0.717) is 5.56 Å². The van der Waals surface area contributed by atoms with Crippen molar-refractivity contribution in [3.05, 3.63) is 65.2 Å². The van der Waals surface area contributed by atoms with Crippen LogP contribution in [0.4, 0.5) is 17.6 Å². The molecule has 0 atom stereocenters. The lowest BCUT2D eigenvalue weighted by molar-refractivity contribution is 0.0716. The zero-order chi connectivity index (χ0) is 18.9. The lowest BCUT2D eigenvalue weighted by Crippen LogP contribution is -2.16. The summed E-state index contributed by atoms with van der Waals surface area (Å²) >= 11 is 0. The minimum Gasteiger partial charge on any atom is -0.416 e. The van der Waals surface area contributed by atoms with Gasteiger partial charge in [0.1, 0.15) is 0 Å². The average molecular weight is 376 g/mol. The van der Waals surface area contributed by atoms with Gasteiger partial charge in [0.05, 0.1) is 5.56 Å². The topological polar surface area (TPSA) is 80.7 Å². The summed E-state index contributed by atoms with van der Waals surface area (Å²) in [5.74, 6) is -12.6. The summed E-state index contributed by atoms with van der Waals surface area (Å²) in [6.07, 6.45) is 1.45. The summed E-state index contributed by atoms with van der Waals surface area (Å²) in [4.78, 5) is 9.70. The number of hydrogen-bond donors (Lipinski definition) is 1. The van der Waals surface area contributed by atoms with Crippen LogP contribution in [0.5, 0.6) is 5.75 Å². The molecule has 2 rings (SSSR count). The molecule has 0 aliphatic rings. The van der Waals surface area contributed by atoms with Crippen molar-refractivity contribution in [3.63, 3.8) is 0 Å². The summed E-state index contributed by atoms with van der Waals surface area (Å²) in [6, 6.07) is 5.20. The largest absolute Gasteiger partial charge is 0.416 e. The highest BCUT2D eigenvalue weighted by Gasteiger charge is 2.34. The molecule has 0 bridgehead atoms. The molecule has 0 amide bonds. The maximum atomic E-state index is 14.0. The minimum atomic E-state index is -5.59. The third-order valence-electron chi connectivity index (χ3n) is 3.02. The Bertz CT molecular complexity index is 969. The molecule has 5 nitrogen and oxygen atoms in total. The first kappa shape index (κ1) is 18.6. The van der Waals surface area contributed by atoms with Gasteiger partial charge in [-0.3, -0.25) is 4.55 Å². The first-order valence-corrected chi connectivity index (χ1v) is 7.80. The van der Waals surface area contributed by atoms with Crippen LogP contribution in [0, 0.1) is 23.3 Å². The van der Waals surface area contributed by atoms with Gasteiger partial charge >= 0.3 is 16.1 Å². The van der Waals surface area contributed by atoms with Crippen molar-refractivity contribution in [1.29, 1.82) is 0 Å². The normalized spacial score (nSPS) is 11.2. The second-order valence-corrected chi connectivity index (χ2v) is 5.96. The monoisotopic (exact) mass is 376 g/mol. The Morgan fingerprint density at radius 3 is 2.04 bits per heavy atom. The van der Waals surface area contributed by atoms with Crippen LogP contribution in [0.2, 0.25) is 0 Å². The van der Waals surface area contributed by atoms with Crippen LogP contribution < -0.4 is 4.74 Å². The Morgan fingerprint density at radius 2 is 1.56 bits per heavy atom. The second kappa shape index (κ2) is 6.65. The molecule has 0 aliphatic carbocycles. The van der Waals surface area contributed by atoms with Crippen molar-refractivity contribution in [2.75, 3.05) is 0 Å². The summed E-state index contributed by atoms with van der Waals surface area (Å²) in [6.45, 7) is 3.47. The van der Waals surface area contributed by atoms with Crippen LogP contribution in [0.25, 0.3) is 6.08 Å². The number of carbonyl (C=O) groups is 1. The van der Waals surface area contributed by atoms with E-state index in [4.69, 9.17) is 4.55 Å². The predicted octanol–water partition coefficient (Wildman–Crippen LogP) is 3.35. The Labute approximate surface area is 138 Å². The van der Waals surface area contributed by atoms with Gasteiger partial charge in [-0.05, 0) is 17.7 Å².